The quantitative estimate of drug-likeness (QED) is 0.732. The third-order valence-corrected chi connectivity index (χ3v) is 3.50. The lowest BCUT2D eigenvalue weighted by Gasteiger charge is -2.08. The number of halogens is 2. The van der Waals surface area contributed by atoms with E-state index in [1.807, 2.05) is 0 Å². The number of pyridine rings is 1. The minimum Gasteiger partial charge on any atom is -0.380 e. The minimum absolute atomic E-state index is 0.223. The lowest BCUT2D eigenvalue weighted by molar-refractivity contribution is 0.102. The van der Waals surface area contributed by atoms with Crippen molar-refractivity contribution in [1.29, 1.82) is 0 Å². The summed E-state index contributed by atoms with van der Waals surface area (Å²) < 4.78 is 26.0. The molecule has 1 heterocycles. The highest BCUT2D eigenvalue weighted by molar-refractivity contribution is 6.03. The van der Waals surface area contributed by atoms with Crippen LogP contribution in [0.1, 0.15) is 15.9 Å². The Hall–Kier alpha value is -3.28. The number of aromatic nitrogens is 1. The van der Waals surface area contributed by atoms with Gasteiger partial charge in [-0.3, -0.25) is 4.79 Å². The van der Waals surface area contributed by atoms with Gasteiger partial charge in [-0.25, -0.2) is 13.8 Å². The van der Waals surface area contributed by atoms with Crippen molar-refractivity contribution in [2.75, 3.05) is 10.6 Å². The Morgan fingerprint density at radius 3 is 2.44 bits per heavy atom. The second-order valence-corrected chi connectivity index (χ2v) is 5.38. The van der Waals surface area contributed by atoms with Crippen LogP contribution >= 0.6 is 0 Å². The van der Waals surface area contributed by atoms with Gasteiger partial charge >= 0.3 is 0 Å². The number of rotatable bonds is 5. The zero-order chi connectivity index (χ0) is 17.6. The van der Waals surface area contributed by atoms with E-state index in [9.17, 15) is 13.6 Å². The van der Waals surface area contributed by atoms with Crippen molar-refractivity contribution >= 4 is 17.4 Å². The number of carbonyl (C=O) groups excluding carboxylic acids is 1. The number of nitrogens with zero attached hydrogens (tertiary/aromatic N) is 1. The van der Waals surface area contributed by atoms with Gasteiger partial charge in [-0.05, 0) is 48.0 Å². The van der Waals surface area contributed by atoms with E-state index in [1.54, 1.807) is 30.5 Å². The lowest BCUT2D eigenvalue weighted by atomic mass is 10.2. The topological polar surface area (TPSA) is 54.0 Å². The molecule has 4 nitrogen and oxygen atoms in total. The van der Waals surface area contributed by atoms with E-state index in [0.29, 0.717) is 12.4 Å². The first-order valence-corrected chi connectivity index (χ1v) is 7.61. The van der Waals surface area contributed by atoms with Crippen molar-refractivity contribution in [2.24, 2.45) is 0 Å². The number of nitrogens with one attached hydrogen (secondary N) is 2. The van der Waals surface area contributed by atoms with Gasteiger partial charge in [-0.1, -0.05) is 18.2 Å². The molecule has 0 saturated heterocycles. The summed E-state index contributed by atoms with van der Waals surface area (Å²) >= 11 is 0. The number of hydrogen-bond acceptors (Lipinski definition) is 3. The van der Waals surface area contributed by atoms with Gasteiger partial charge in [0.05, 0.1) is 11.9 Å². The van der Waals surface area contributed by atoms with Gasteiger partial charge in [0.1, 0.15) is 17.5 Å². The Labute approximate surface area is 143 Å². The number of hydrogen-bond donors (Lipinski definition) is 2. The molecule has 0 aliphatic carbocycles. The highest BCUT2D eigenvalue weighted by Crippen LogP contribution is 2.13. The number of amides is 1. The Bertz CT molecular complexity index is 865. The van der Waals surface area contributed by atoms with E-state index < -0.39 is 11.7 Å². The van der Waals surface area contributed by atoms with Crippen LogP contribution < -0.4 is 10.6 Å². The van der Waals surface area contributed by atoms with Gasteiger partial charge in [0, 0.05) is 12.1 Å². The molecule has 0 radical (unpaired) electrons. The molecule has 0 spiro atoms. The molecule has 0 aliphatic heterocycles. The lowest BCUT2D eigenvalue weighted by Crippen LogP contribution is -2.13. The Balaban J connectivity index is 1.58. The molecule has 3 aromatic rings. The van der Waals surface area contributed by atoms with Crippen LogP contribution in [0.4, 0.5) is 20.3 Å². The molecule has 6 heteroatoms. The molecule has 25 heavy (non-hydrogen) atoms. The molecule has 0 unspecified atom stereocenters. The summed E-state index contributed by atoms with van der Waals surface area (Å²) in [5, 5.41) is 5.76. The van der Waals surface area contributed by atoms with Crippen molar-refractivity contribution in [1.82, 2.24) is 4.98 Å². The fourth-order valence-corrected chi connectivity index (χ4v) is 2.20. The van der Waals surface area contributed by atoms with E-state index in [-0.39, 0.29) is 11.4 Å². The number of carbonyl (C=O) groups is 1. The monoisotopic (exact) mass is 339 g/mol. The van der Waals surface area contributed by atoms with Gasteiger partial charge in [0.15, 0.2) is 0 Å². The van der Waals surface area contributed by atoms with Crippen LogP contribution in [0.2, 0.25) is 0 Å². The van der Waals surface area contributed by atoms with Crippen molar-refractivity contribution in [3.8, 4) is 0 Å². The molecule has 2 N–H and O–H groups in total. The molecule has 2 aromatic carbocycles. The summed E-state index contributed by atoms with van der Waals surface area (Å²) in [6.45, 7) is 0.525. The normalized spacial score (nSPS) is 10.3. The summed E-state index contributed by atoms with van der Waals surface area (Å²) in [5.41, 5.74) is 1.92. The summed E-state index contributed by atoms with van der Waals surface area (Å²) in [7, 11) is 0. The molecule has 0 aliphatic rings. The van der Waals surface area contributed by atoms with E-state index in [2.05, 4.69) is 15.6 Å². The predicted octanol–water partition coefficient (Wildman–Crippen LogP) is 4.22. The van der Waals surface area contributed by atoms with Gasteiger partial charge < -0.3 is 10.6 Å². The zero-order valence-electron chi connectivity index (χ0n) is 13.2. The maximum absolute atomic E-state index is 13.1. The first kappa shape index (κ1) is 16.6. The van der Waals surface area contributed by atoms with Gasteiger partial charge in [-0.2, -0.15) is 0 Å². The molecule has 0 atom stereocenters. The fraction of sp³-hybridized carbons (Fsp3) is 0.0526. The van der Waals surface area contributed by atoms with Crippen LogP contribution in [-0.4, -0.2) is 10.9 Å². The van der Waals surface area contributed by atoms with Crippen molar-refractivity contribution in [2.45, 2.75) is 6.54 Å². The van der Waals surface area contributed by atoms with Crippen LogP contribution in [-0.2, 0) is 6.54 Å². The molecule has 0 bridgehead atoms. The maximum Gasteiger partial charge on any atom is 0.256 e. The summed E-state index contributed by atoms with van der Waals surface area (Å²) in [6, 6.07) is 15.0. The molecule has 0 fully saturated rings. The smallest absolute Gasteiger partial charge is 0.256 e. The third-order valence-electron chi connectivity index (χ3n) is 3.50. The Morgan fingerprint density at radius 2 is 1.76 bits per heavy atom. The van der Waals surface area contributed by atoms with E-state index in [1.165, 1.54) is 30.3 Å². The maximum atomic E-state index is 13.1. The highest BCUT2D eigenvalue weighted by Gasteiger charge is 2.07. The van der Waals surface area contributed by atoms with Gasteiger partial charge in [0.2, 0.25) is 0 Å². The fourth-order valence-electron chi connectivity index (χ4n) is 2.20. The molecule has 1 aromatic heterocycles. The average Bonchev–Trinajstić information content (AvgIpc) is 2.62. The zero-order valence-corrected chi connectivity index (χ0v) is 13.2. The minimum atomic E-state index is -0.471. The summed E-state index contributed by atoms with van der Waals surface area (Å²) in [6.07, 6.45) is 1.57. The van der Waals surface area contributed by atoms with Crippen molar-refractivity contribution < 1.29 is 13.6 Å². The van der Waals surface area contributed by atoms with E-state index >= 15 is 0 Å². The average molecular weight is 339 g/mol. The van der Waals surface area contributed by atoms with Gasteiger partial charge in [-0.15, -0.1) is 0 Å². The van der Waals surface area contributed by atoms with Gasteiger partial charge in [0.25, 0.3) is 5.91 Å². The molecule has 1 amide bonds. The van der Waals surface area contributed by atoms with E-state index in [0.717, 1.165) is 17.3 Å². The highest BCUT2D eigenvalue weighted by atomic mass is 19.1. The first-order valence-electron chi connectivity index (χ1n) is 7.61. The van der Waals surface area contributed by atoms with Crippen LogP contribution in [0, 0.1) is 11.6 Å². The second-order valence-electron chi connectivity index (χ2n) is 5.38. The standard InChI is InChI=1S/C19H15F2N3O/c20-15-6-4-13(5-7-15)11-22-17-8-9-18(23-12-17)24-19(25)14-2-1-3-16(21)10-14/h1-10,12,22H,11H2,(H,23,24,25). The predicted molar refractivity (Wildman–Crippen MR) is 92.3 cm³/mol. The summed E-state index contributed by atoms with van der Waals surface area (Å²) in [4.78, 5) is 16.2. The van der Waals surface area contributed by atoms with Crippen LogP contribution in [0.15, 0.2) is 66.9 Å². The van der Waals surface area contributed by atoms with Crippen LogP contribution in [0.3, 0.4) is 0 Å². The van der Waals surface area contributed by atoms with Crippen molar-refractivity contribution in [3.05, 3.63) is 89.6 Å². The molecule has 0 saturated carbocycles. The molecular weight excluding hydrogens is 324 g/mol. The molecule has 126 valence electrons. The third kappa shape index (κ3) is 4.60. The SMILES string of the molecule is O=C(Nc1ccc(NCc2ccc(F)cc2)cn1)c1cccc(F)c1. The van der Waals surface area contributed by atoms with E-state index in [4.69, 9.17) is 0 Å². The van der Waals surface area contributed by atoms with Crippen molar-refractivity contribution in [3.63, 3.8) is 0 Å². The van der Waals surface area contributed by atoms with Crippen LogP contribution in [0.25, 0.3) is 0 Å². The number of benzene rings is 2. The Morgan fingerprint density at radius 1 is 0.960 bits per heavy atom. The second kappa shape index (κ2) is 7.53. The number of anilines is 2. The first-order chi connectivity index (χ1) is 12.1. The molecule has 3 rings (SSSR count). The van der Waals surface area contributed by atoms with Crippen LogP contribution in [0.5, 0.6) is 0 Å². The Kier molecular flexibility index (Phi) is 4.99. The largest absolute Gasteiger partial charge is 0.380 e. The molecular formula is C19H15F2N3O. The summed E-state index contributed by atoms with van der Waals surface area (Å²) in [5.74, 6) is -0.814.